The van der Waals surface area contributed by atoms with Crippen LogP contribution in [-0.4, -0.2) is 26.5 Å². The molecule has 0 bridgehead atoms. The minimum Gasteiger partial charge on any atom is -0.505 e. The Bertz CT molecular complexity index is 852. The maximum Gasteiger partial charge on any atom is 0.279 e. The average Bonchev–Trinajstić information content (AvgIpc) is 3.27. The van der Waals surface area contributed by atoms with Gasteiger partial charge in [-0.1, -0.05) is 0 Å². The number of benzene rings is 1. The van der Waals surface area contributed by atoms with Crippen molar-refractivity contribution >= 4 is 22.5 Å². The number of fused-ring (bicyclic) bond motifs is 1. The number of nitrogens with one attached hydrogen (secondary N) is 1. The van der Waals surface area contributed by atoms with Crippen molar-refractivity contribution in [3.05, 3.63) is 40.1 Å². The standard InChI is InChI=1S/C14H10N4O4/c15-7-14(3-4-14)17-13(20)9-6-10(18(21)22)8-2-1-5-16-11(8)12(9)19/h1-2,5-6,19H,3-4H2,(H,17,20). The zero-order valence-corrected chi connectivity index (χ0v) is 11.2. The van der Waals surface area contributed by atoms with Gasteiger partial charge in [0.15, 0.2) is 5.75 Å². The number of phenols is 1. The highest BCUT2D eigenvalue weighted by Crippen LogP contribution is 2.37. The molecule has 1 heterocycles. The number of aromatic hydroxyl groups is 1. The number of nitro groups is 1. The number of carbonyl (C=O) groups excluding carboxylic acids is 1. The van der Waals surface area contributed by atoms with Crippen LogP contribution in [0.1, 0.15) is 23.2 Å². The second kappa shape index (κ2) is 4.66. The summed E-state index contributed by atoms with van der Waals surface area (Å²) < 4.78 is 0. The van der Waals surface area contributed by atoms with Crippen molar-refractivity contribution in [2.75, 3.05) is 0 Å². The molecule has 1 saturated carbocycles. The molecule has 8 heteroatoms. The highest BCUT2D eigenvalue weighted by atomic mass is 16.6. The second-order valence-electron chi connectivity index (χ2n) is 5.10. The van der Waals surface area contributed by atoms with Gasteiger partial charge in [0.1, 0.15) is 11.1 Å². The van der Waals surface area contributed by atoms with E-state index in [4.69, 9.17) is 5.26 Å². The number of hydrogen-bond donors (Lipinski definition) is 2. The molecule has 1 aliphatic carbocycles. The molecule has 2 aromatic rings. The Morgan fingerprint density at radius 2 is 2.27 bits per heavy atom. The van der Waals surface area contributed by atoms with Crippen molar-refractivity contribution in [1.29, 1.82) is 5.26 Å². The molecule has 0 saturated heterocycles. The summed E-state index contributed by atoms with van der Waals surface area (Å²) in [4.78, 5) is 26.7. The quantitative estimate of drug-likeness (QED) is 0.654. The summed E-state index contributed by atoms with van der Waals surface area (Å²) in [6.07, 6.45) is 2.40. The van der Waals surface area contributed by atoms with E-state index in [2.05, 4.69) is 10.3 Å². The number of non-ortho nitro benzene ring substituents is 1. The van der Waals surface area contributed by atoms with E-state index in [0.717, 1.165) is 6.07 Å². The smallest absolute Gasteiger partial charge is 0.279 e. The van der Waals surface area contributed by atoms with E-state index < -0.39 is 22.1 Å². The average molecular weight is 298 g/mol. The Hall–Kier alpha value is -3.21. The lowest BCUT2D eigenvalue weighted by Crippen LogP contribution is -2.35. The zero-order chi connectivity index (χ0) is 15.9. The third-order valence-electron chi connectivity index (χ3n) is 3.60. The van der Waals surface area contributed by atoms with Gasteiger partial charge >= 0.3 is 0 Å². The van der Waals surface area contributed by atoms with E-state index in [-0.39, 0.29) is 22.2 Å². The van der Waals surface area contributed by atoms with E-state index in [1.165, 1.54) is 18.3 Å². The first-order chi connectivity index (χ1) is 10.5. The van der Waals surface area contributed by atoms with Gasteiger partial charge in [0.25, 0.3) is 11.6 Å². The molecular formula is C14H10N4O4. The zero-order valence-electron chi connectivity index (χ0n) is 11.2. The van der Waals surface area contributed by atoms with Gasteiger partial charge in [0.2, 0.25) is 0 Å². The van der Waals surface area contributed by atoms with Crippen molar-refractivity contribution in [2.24, 2.45) is 0 Å². The first-order valence-electron chi connectivity index (χ1n) is 6.46. The van der Waals surface area contributed by atoms with Crippen LogP contribution in [0.2, 0.25) is 0 Å². The number of nitrogens with zero attached hydrogens (tertiary/aromatic N) is 3. The molecule has 1 aromatic heterocycles. The summed E-state index contributed by atoms with van der Waals surface area (Å²) >= 11 is 0. The molecule has 2 N–H and O–H groups in total. The number of amides is 1. The van der Waals surface area contributed by atoms with Crippen molar-refractivity contribution < 1.29 is 14.8 Å². The third kappa shape index (κ3) is 2.09. The SMILES string of the molecule is N#CC1(NC(=O)c2cc([N+](=O)[O-])c3cccnc3c2O)CC1. The fourth-order valence-electron chi connectivity index (χ4n) is 2.21. The molecule has 1 amide bonds. The second-order valence-corrected chi connectivity index (χ2v) is 5.10. The van der Waals surface area contributed by atoms with Crippen LogP contribution in [0.4, 0.5) is 5.69 Å². The van der Waals surface area contributed by atoms with Gasteiger partial charge in [-0.15, -0.1) is 0 Å². The Morgan fingerprint density at radius 3 is 2.86 bits per heavy atom. The van der Waals surface area contributed by atoms with E-state index >= 15 is 0 Å². The van der Waals surface area contributed by atoms with Crippen molar-refractivity contribution in [3.63, 3.8) is 0 Å². The maximum absolute atomic E-state index is 12.2. The number of phenolic OH excluding ortho intramolecular Hbond substituents is 1. The van der Waals surface area contributed by atoms with Crippen molar-refractivity contribution in [1.82, 2.24) is 10.3 Å². The van der Waals surface area contributed by atoms with Crippen LogP contribution in [-0.2, 0) is 0 Å². The molecule has 0 aliphatic heterocycles. The van der Waals surface area contributed by atoms with Crippen molar-refractivity contribution in [2.45, 2.75) is 18.4 Å². The van der Waals surface area contributed by atoms with Crippen LogP contribution >= 0.6 is 0 Å². The molecule has 3 rings (SSSR count). The van der Waals surface area contributed by atoms with Gasteiger partial charge in [-0.3, -0.25) is 19.9 Å². The third-order valence-corrected chi connectivity index (χ3v) is 3.60. The van der Waals surface area contributed by atoms with E-state index in [1.807, 2.05) is 6.07 Å². The summed E-state index contributed by atoms with van der Waals surface area (Å²) in [6, 6.07) is 5.93. The lowest BCUT2D eigenvalue weighted by Gasteiger charge is -2.11. The fourth-order valence-corrected chi connectivity index (χ4v) is 2.21. The minimum absolute atomic E-state index is 0.0244. The molecule has 0 unspecified atom stereocenters. The number of carbonyl (C=O) groups is 1. The highest BCUT2D eigenvalue weighted by Gasteiger charge is 2.45. The maximum atomic E-state index is 12.2. The van der Waals surface area contributed by atoms with E-state index in [9.17, 15) is 20.0 Å². The van der Waals surface area contributed by atoms with E-state index in [1.54, 1.807) is 0 Å². The van der Waals surface area contributed by atoms with Crippen LogP contribution in [0.5, 0.6) is 5.75 Å². The topological polar surface area (TPSA) is 129 Å². The summed E-state index contributed by atoms with van der Waals surface area (Å²) in [5.74, 6) is -1.17. The summed E-state index contributed by atoms with van der Waals surface area (Å²) in [5, 5.41) is 33.0. The number of nitriles is 1. The molecule has 0 atom stereocenters. The molecule has 1 fully saturated rings. The van der Waals surface area contributed by atoms with Crippen LogP contribution in [0.25, 0.3) is 10.9 Å². The summed E-state index contributed by atoms with van der Waals surface area (Å²) in [5.41, 5.74) is -1.55. The number of nitro benzene ring substituents is 1. The molecule has 110 valence electrons. The molecule has 1 aliphatic rings. The number of aromatic nitrogens is 1. The van der Waals surface area contributed by atoms with Crippen LogP contribution in [0, 0.1) is 21.4 Å². The summed E-state index contributed by atoms with van der Waals surface area (Å²) in [7, 11) is 0. The highest BCUT2D eigenvalue weighted by molar-refractivity contribution is 6.06. The van der Waals surface area contributed by atoms with E-state index in [0.29, 0.717) is 12.8 Å². The van der Waals surface area contributed by atoms with Crippen molar-refractivity contribution in [3.8, 4) is 11.8 Å². The Balaban J connectivity index is 2.14. The number of pyridine rings is 1. The predicted molar refractivity (Wildman–Crippen MR) is 75.1 cm³/mol. The molecule has 8 nitrogen and oxygen atoms in total. The van der Waals surface area contributed by atoms with Gasteiger partial charge < -0.3 is 10.4 Å². The van der Waals surface area contributed by atoms with Crippen LogP contribution in [0.3, 0.4) is 0 Å². The normalized spacial score (nSPS) is 15.0. The minimum atomic E-state index is -0.933. The molecule has 0 spiro atoms. The molecule has 22 heavy (non-hydrogen) atoms. The van der Waals surface area contributed by atoms with Gasteiger partial charge in [-0.25, -0.2) is 0 Å². The summed E-state index contributed by atoms with van der Waals surface area (Å²) in [6.45, 7) is 0. The fraction of sp³-hybridized carbons (Fsp3) is 0.214. The monoisotopic (exact) mass is 298 g/mol. The van der Waals surface area contributed by atoms with Gasteiger partial charge in [0.05, 0.1) is 21.9 Å². The van der Waals surface area contributed by atoms with Gasteiger partial charge in [-0.05, 0) is 25.0 Å². The Morgan fingerprint density at radius 1 is 1.55 bits per heavy atom. The molecule has 0 radical (unpaired) electrons. The number of hydrogen-bond acceptors (Lipinski definition) is 6. The van der Waals surface area contributed by atoms with Crippen LogP contribution in [0.15, 0.2) is 24.4 Å². The predicted octanol–water partition coefficient (Wildman–Crippen LogP) is 1.63. The lowest BCUT2D eigenvalue weighted by molar-refractivity contribution is -0.383. The van der Waals surface area contributed by atoms with Crippen LogP contribution < -0.4 is 5.32 Å². The molecule has 1 aromatic carbocycles. The Labute approximate surface area is 124 Å². The molecular weight excluding hydrogens is 288 g/mol. The van der Waals surface area contributed by atoms with Gasteiger partial charge in [0, 0.05) is 12.3 Å². The largest absolute Gasteiger partial charge is 0.505 e. The Kier molecular flexibility index (Phi) is 2.92. The van der Waals surface area contributed by atoms with Gasteiger partial charge in [-0.2, -0.15) is 5.26 Å². The first-order valence-corrected chi connectivity index (χ1v) is 6.46. The lowest BCUT2D eigenvalue weighted by atomic mass is 10.1. The first kappa shape index (κ1) is 13.8. The number of rotatable bonds is 3.